The van der Waals surface area contributed by atoms with E-state index in [2.05, 4.69) is 20.6 Å². The molecule has 2 unspecified atom stereocenters. The zero-order valence-corrected chi connectivity index (χ0v) is 17.6. The fourth-order valence-electron chi connectivity index (χ4n) is 3.58. The first-order valence-corrected chi connectivity index (χ1v) is 10.5. The number of H-pyrrole nitrogens is 1. The van der Waals surface area contributed by atoms with Gasteiger partial charge in [0.05, 0.1) is 6.04 Å². The average molecular weight is 455 g/mol. The highest BCUT2D eigenvalue weighted by molar-refractivity contribution is 5.70. The van der Waals surface area contributed by atoms with Gasteiger partial charge in [0.15, 0.2) is 5.82 Å². The Bertz CT molecular complexity index is 1080. The van der Waals surface area contributed by atoms with Gasteiger partial charge in [-0.3, -0.25) is 4.90 Å². The van der Waals surface area contributed by atoms with Crippen LogP contribution in [0.4, 0.5) is 13.6 Å². The van der Waals surface area contributed by atoms with Gasteiger partial charge in [0.2, 0.25) is 0 Å². The number of aliphatic hydroxyl groups is 1. The maximum absolute atomic E-state index is 14.5. The van der Waals surface area contributed by atoms with Crippen LogP contribution in [0, 0.1) is 0 Å². The van der Waals surface area contributed by atoms with E-state index in [1.165, 1.54) is 35.2 Å². The van der Waals surface area contributed by atoms with Crippen molar-refractivity contribution in [2.24, 2.45) is 0 Å². The molecule has 0 aliphatic carbocycles. The second kappa shape index (κ2) is 9.86. The Morgan fingerprint density at radius 3 is 2.61 bits per heavy atom. The molecule has 1 aromatic heterocycles. The standard InChI is InChI=1S/C23H23F2N5O3/c24-23(25,18-4-2-1-3-5-18)20(31)11-10-19-15-33-22(32)30(19)13-12-16-6-8-17(9-7-16)14-21-26-28-29-27-21/h1-11,19-20,31H,12-15H2,(H,26,27,28,29). The van der Waals surface area contributed by atoms with Crippen LogP contribution in [0.3, 0.4) is 0 Å². The third-order valence-electron chi connectivity index (χ3n) is 5.47. The van der Waals surface area contributed by atoms with Gasteiger partial charge in [-0.25, -0.2) is 4.79 Å². The van der Waals surface area contributed by atoms with Crippen LogP contribution in [0.5, 0.6) is 0 Å². The minimum atomic E-state index is -3.45. The first-order valence-electron chi connectivity index (χ1n) is 10.5. The van der Waals surface area contributed by atoms with Crippen molar-refractivity contribution >= 4 is 6.09 Å². The van der Waals surface area contributed by atoms with Gasteiger partial charge in [-0.05, 0) is 17.5 Å². The molecule has 2 N–H and O–H groups in total. The van der Waals surface area contributed by atoms with E-state index in [1.807, 2.05) is 24.3 Å². The largest absolute Gasteiger partial charge is 0.447 e. The van der Waals surface area contributed by atoms with E-state index >= 15 is 0 Å². The Balaban J connectivity index is 1.35. The van der Waals surface area contributed by atoms with Gasteiger partial charge in [-0.1, -0.05) is 72.0 Å². The number of cyclic esters (lactones) is 1. The maximum Gasteiger partial charge on any atom is 0.410 e. The summed E-state index contributed by atoms with van der Waals surface area (Å²) in [4.78, 5) is 13.6. The smallest absolute Gasteiger partial charge is 0.410 e. The number of carbonyl (C=O) groups excluding carboxylic acids is 1. The van der Waals surface area contributed by atoms with Crippen LogP contribution in [0.25, 0.3) is 0 Å². The predicted octanol–water partition coefficient (Wildman–Crippen LogP) is 2.86. The van der Waals surface area contributed by atoms with Crippen molar-refractivity contribution in [3.63, 3.8) is 0 Å². The van der Waals surface area contributed by atoms with E-state index in [0.29, 0.717) is 25.2 Å². The molecule has 1 aliphatic rings. The number of aromatic amines is 1. The van der Waals surface area contributed by atoms with Crippen molar-refractivity contribution in [1.82, 2.24) is 25.5 Å². The second-order valence-corrected chi connectivity index (χ2v) is 7.73. The number of amides is 1. The molecule has 2 heterocycles. The molecule has 2 atom stereocenters. The Morgan fingerprint density at radius 1 is 1.18 bits per heavy atom. The van der Waals surface area contributed by atoms with E-state index in [9.17, 15) is 18.7 Å². The number of alkyl halides is 2. The van der Waals surface area contributed by atoms with Gasteiger partial charge >= 0.3 is 12.0 Å². The zero-order valence-electron chi connectivity index (χ0n) is 17.6. The lowest BCUT2D eigenvalue weighted by atomic mass is 10.0. The summed E-state index contributed by atoms with van der Waals surface area (Å²) < 4.78 is 34.1. The Labute approximate surface area is 188 Å². The molecule has 3 aromatic rings. The van der Waals surface area contributed by atoms with Crippen molar-refractivity contribution in [2.45, 2.75) is 30.9 Å². The highest BCUT2D eigenvalue weighted by atomic mass is 19.3. The van der Waals surface area contributed by atoms with E-state index in [-0.39, 0.29) is 12.2 Å². The number of hydrogen-bond donors (Lipinski definition) is 2. The van der Waals surface area contributed by atoms with Crippen LogP contribution in [0.1, 0.15) is 22.5 Å². The molecule has 0 radical (unpaired) electrons. The summed E-state index contributed by atoms with van der Waals surface area (Å²) >= 11 is 0. The van der Waals surface area contributed by atoms with Crippen molar-refractivity contribution in [1.29, 1.82) is 0 Å². The molecule has 0 bridgehead atoms. The fourth-order valence-corrected chi connectivity index (χ4v) is 3.58. The van der Waals surface area contributed by atoms with E-state index in [4.69, 9.17) is 4.74 Å². The molecule has 1 amide bonds. The Hall–Kier alpha value is -3.66. The summed E-state index contributed by atoms with van der Waals surface area (Å²) in [7, 11) is 0. The SMILES string of the molecule is O=C1OCC(C=CC(O)C(F)(F)c2ccccc2)N1CCc1ccc(Cc2nn[nH]n2)cc1. The summed E-state index contributed by atoms with van der Waals surface area (Å²) in [5.74, 6) is -2.85. The average Bonchev–Trinajstić information content (AvgIpc) is 3.47. The molecular formula is C23H23F2N5O3. The van der Waals surface area contributed by atoms with Gasteiger partial charge in [0.1, 0.15) is 12.7 Å². The predicted molar refractivity (Wildman–Crippen MR) is 114 cm³/mol. The number of aliphatic hydroxyl groups excluding tert-OH is 1. The third-order valence-corrected chi connectivity index (χ3v) is 5.47. The van der Waals surface area contributed by atoms with Crippen molar-refractivity contribution in [3.05, 3.63) is 89.3 Å². The normalized spacial score (nSPS) is 17.5. The summed E-state index contributed by atoms with van der Waals surface area (Å²) in [5.41, 5.74) is 1.75. The quantitative estimate of drug-likeness (QED) is 0.481. The monoisotopic (exact) mass is 455 g/mol. The molecule has 1 saturated heterocycles. The second-order valence-electron chi connectivity index (χ2n) is 7.73. The number of hydrogen-bond acceptors (Lipinski definition) is 6. The lowest BCUT2D eigenvalue weighted by molar-refractivity contribution is -0.0929. The van der Waals surface area contributed by atoms with E-state index in [0.717, 1.165) is 17.2 Å². The van der Waals surface area contributed by atoms with Crippen LogP contribution in [-0.4, -0.2) is 62.0 Å². The van der Waals surface area contributed by atoms with Crippen molar-refractivity contribution < 1.29 is 23.4 Å². The number of halogens is 2. The maximum atomic E-state index is 14.5. The first-order chi connectivity index (χ1) is 15.9. The molecule has 0 spiro atoms. The van der Waals surface area contributed by atoms with Crippen LogP contribution >= 0.6 is 0 Å². The summed E-state index contributed by atoms with van der Waals surface area (Å²) in [6.07, 6.45) is 1.01. The molecule has 33 heavy (non-hydrogen) atoms. The van der Waals surface area contributed by atoms with Crippen LogP contribution in [-0.2, 0) is 23.5 Å². The summed E-state index contributed by atoms with van der Waals surface area (Å²) in [6, 6.07) is 14.4. The lowest BCUT2D eigenvalue weighted by Crippen LogP contribution is -2.35. The van der Waals surface area contributed by atoms with Gasteiger partial charge in [-0.15, -0.1) is 10.2 Å². The molecule has 1 fully saturated rings. The minimum absolute atomic E-state index is 0.0442. The van der Waals surface area contributed by atoms with Crippen molar-refractivity contribution in [3.8, 4) is 0 Å². The summed E-state index contributed by atoms with van der Waals surface area (Å²) in [5, 5.41) is 23.9. The highest BCUT2D eigenvalue weighted by Crippen LogP contribution is 2.32. The number of nitrogens with one attached hydrogen (secondary N) is 1. The minimum Gasteiger partial charge on any atom is -0.447 e. The number of ether oxygens (including phenoxy) is 1. The van der Waals surface area contributed by atoms with Gasteiger partial charge in [-0.2, -0.15) is 14.0 Å². The number of nitrogens with zero attached hydrogens (tertiary/aromatic N) is 4. The van der Waals surface area contributed by atoms with Gasteiger partial charge in [0.25, 0.3) is 0 Å². The zero-order chi connectivity index (χ0) is 23.3. The molecule has 172 valence electrons. The van der Waals surface area contributed by atoms with Crippen LogP contribution in [0.2, 0.25) is 0 Å². The molecular weight excluding hydrogens is 432 g/mol. The number of aromatic nitrogens is 4. The number of benzene rings is 2. The van der Waals surface area contributed by atoms with Crippen LogP contribution < -0.4 is 0 Å². The van der Waals surface area contributed by atoms with Gasteiger partial charge in [0, 0.05) is 18.5 Å². The first kappa shape index (κ1) is 22.5. The van der Waals surface area contributed by atoms with Crippen molar-refractivity contribution in [2.75, 3.05) is 13.2 Å². The molecule has 10 heteroatoms. The lowest BCUT2D eigenvalue weighted by Gasteiger charge is -2.22. The molecule has 2 aromatic carbocycles. The molecule has 1 aliphatic heterocycles. The van der Waals surface area contributed by atoms with E-state index in [1.54, 1.807) is 6.07 Å². The third kappa shape index (κ3) is 5.40. The molecule has 0 saturated carbocycles. The van der Waals surface area contributed by atoms with Crippen LogP contribution in [0.15, 0.2) is 66.7 Å². The highest BCUT2D eigenvalue weighted by Gasteiger charge is 2.39. The number of tetrazole rings is 1. The molecule has 8 nitrogen and oxygen atoms in total. The fraction of sp³-hybridized carbons (Fsp3) is 0.304. The topological polar surface area (TPSA) is 104 Å². The number of rotatable bonds is 9. The van der Waals surface area contributed by atoms with Gasteiger partial charge < -0.3 is 9.84 Å². The Kier molecular flexibility index (Phi) is 6.74. The Morgan fingerprint density at radius 2 is 1.91 bits per heavy atom. The summed E-state index contributed by atoms with van der Waals surface area (Å²) in [6.45, 7) is 0.395. The number of carbonyl (C=O) groups is 1. The van der Waals surface area contributed by atoms with E-state index < -0.39 is 24.2 Å². The molecule has 4 rings (SSSR count).